The molecule has 1 aliphatic carbocycles. The highest BCUT2D eigenvalue weighted by Gasteiger charge is 2.43. The largest absolute Gasteiger partial charge is 0.392 e. The van der Waals surface area contributed by atoms with Gasteiger partial charge in [-0.2, -0.15) is 0 Å². The fourth-order valence-electron chi connectivity index (χ4n) is 3.51. The van der Waals surface area contributed by atoms with Gasteiger partial charge in [0.1, 0.15) is 5.60 Å². The highest BCUT2D eigenvalue weighted by molar-refractivity contribution is 5.82. The Kier molecular flexibility index (Phi) is 2.89. The number of aliphatic hydroxyl groups is 2. The van der Waals surface area contributed by atoms with Crippen molar-refractivity contribution in [2.75, 3.05) is 0 Å². The van der Waals surface area contributed by atoms with Gasteiger partial charge in [-0.15, -0.1) is 0 Å². The quantitative estimate of drug-likeness (QED) is 0.758. The van der Waals surface area contributed by atoms with Gasteiger partial charge in [0, 0.05) is 11.1 Å². The van der Waals surface area contributed by atoms with Crippen molar-refractivity contribution in [2.24, 2.45) is 0 Å². The van der Waals surface area contributed by atoms with Crippen LogP contribution < -0.4 is 0 Å². The predicted molar refractivity (Wildman–Crippen MR) is 86.3 cm³/mol. The second-order valence-electron chi connectivity index (χ2n) is 5.62. The maximum absolute atomic E-state index is 11.7. The first-order chi connectivity index (χ1) is 10.8. The van der Waals surface area contributed by atoms with Crippen LogP contribution in [0.5, 0.6) is 0 Å². The molecule has 0 saturated carbocycles. The van der Waals surface area contributed by atoms with Gasteiger partial charge in [0.25, 0.3) is 0 Å². The summed E-state index contributed by atoms with van der Waals surface area (Å²) in [6, 6.07) is 23.4. The molecule has 3 aromatic carbocycles. The van der Waals surface area contributed by atoms with Crippen molar-refractivity contribution < 1.29 is 10.2 Å². The lowest BCUT2D eigenvalue weighted by molar-refractivity contribution is 0.127. The second kappa shape index (κ2) is 4.80. The van der Waals surface area contributed by atoms with Crippen LogP contribution in [0, 0.1) is 0 Å². The molecule has 0 amide bonds. The van der Waals surface area contributed by atoms with Gasteiger partial charge in [0.05, 0.1) is 6.61 Å². The van der Waals surface area contributed by atoms with Crippen molar-refractivity contribution in [1.82, 2.24) is 0 Å². The third kappa shape index (κ3) is 1.62. The van der Waals surface area contributed by atoms with Crippen LogP contribution in [0.25, 0.3) is 11.1 Å². The van der Waals surface area contributed by atoms with Gasteiger partial charge in [0.15, 0.2) is 0 Å². The highest BCUT2D eigenvalue weighted by atomic mass is 16.3. The van der Waals surface area contributed by atoms with Crippen LogP contribution in [0.3, 0.4) is 0 Å². The van der Waals surface area contributed by atoms with E-state index < -0.39 is 5.60 Å². The summed E-state index contributed by atoms with van der Waals surface area (Å²) in [5.74, 6) is 0. The molecule has 2 N–H and O–H groups in total. The molecule has 0 fully saturated rings. The molecular formula is C20H16O2. The molecular weight excluding hydrogens is 272 g/mol. The van der Waals surface area contributed by atoms with Crippen LogP contribution in [-0.2, 0) is 12.2 Å². The van der Waals surface area contributed by atoms with Crippen LogP contribution in [0.4, 0.5) is 0 Å². The van der Waals surface area contributed by atoms with Crippen LogP contribution in [0.2, 0.25) is 0 Å². The Labute approximate surface area is 129 Å². The summed E-state index contributed by atoms with van der Waals surface area (Å²) in [5.41, 5.74) is 4.12. The Bertz CT molecular complexity index is 806. The number of aliphatic hydroxyl groups excluding tert-OH is 1. The molecule has 0 atom stereocenters. The second-order valence-corrected chi connectivity index (χ2v) is 5.62. The minimum absolute atomic E-state index is 0.0944. The summed E-state index contributed by atoms with van der Waals surface area (Å²) < 4.78 is 0. The summed E-state index contributed by atoms with van der Waals surface area (Å²) in [4.78, 5) is 0. The van der Waals surface area contributed by atoms with E-state index in [1.807, 2.05) is 72.8 Å². The Balaban J connectivity index is 2.10. The lowest BCUT2D eigenvalue weighted by Crippen LogP contribution is -2.27. The standard InChI is InChI=1S/C20H16O2/c21-13-14-7-1-4-10-17(14)20(22)18-11-5-2-8-15(18)16-9-3-6-12-19(16)20/h1-12,21-22H,13H2. The molecule has 0 saturated heterocycles. The maximum atomic E-state index is 11.7. The SMILES string of the molecule is OCc1ccccc1C1(O)c2ccccc2-c2ccccc21. The Morgan fingerprint density at radius 2 is 1.09 bits per heavy atom. The molecule has 1 aliphatic rings. The van der Waals surface area contributed by atoms with E-state index in [1.165, 1.54) is 0 Å². The molecule has 0 radical (unpaired) electrons. The topological polar surface area (TPSA) is 40.5 Å². The third-order valence-electron chi connectivity index (χ3n) is 4.50. The van der Waals surface area contributed by atoms with Gasteiger partial charge >= 0.3 is 0 Å². The zero-order valence-electron chi connectivity index (χ0n) is 12.0. The molecule has 22 heavy (non-hydrogen) atoms. The molecule has 0 unspecified atom stereocenters. The molecule has 108 valence electrons. The maximum Gasteiger partial charge on any atom is 0.142 e. The number of hydrogen-bond acceptors (Lipinski definition) is 2. The van der Waals surface area contributed by atoms with Gasteiger partial charge in [-0.3, -0.25) is 0 Å². The third-order valence-corrected chi connectivity index (χ3v) is 4.50. The van der Waals surface area contributed by atoms with Crippen LogP contribution in [0.15, 0.2) is 72.8 Å². The molecule has 0 aliphatic heterocycles. The fraction of sp³-hybridized carbons (Fsp3) is 0.100. The lowest BCUT2D eigenvalue weighted by Gasteiger charge is -2.28. The minimum Gasteiger partial charge on any atom is -0.392 e. The molecule has 2 nitrogen and oxygen atoms in total. The first-order valence-electron chi connectivity index (χ1n) is 7.38. The van der Waals surface area contributed by atoms with E-state index in [0.29, 0.717) is 0 Å². The molecule has 4 rings (SSSR count). The van der Waals surface area contributed by atoms with Crippen molar-refractivity contribution in [2.45, 2.75) is 12.2 Å². The molecule has 0 aromatic heterocycles. The average molecular weight is 288 g/mol. The van der Waals surface area contributed by atoms with Crippen molar-refractivity contribution in [3.63, 3.8) is 0 Å². The van der Waals surface area contributed by atoms with Gasteiger partial charge in [-0.25, -0.2) is 0 Å². The summed E-state index contributed by atoms with van der Waals surface area (Å²) in [6.07, 6.45) is 0. The molecule has 0 spiro atoms. The Morgan fingerprint density at radius 1 is 0.636 bits per heavy atom. The zero-order valence-corrected chi connectivity index (χ0v) is 12.0. The van der Waals surface area contributed by atoms with E-state index in [4.69, 9.17) is 0 Å². The van der Waals surface area contributed by atoms with E-state index >= 15 is 0 Å². The Morgan fingerprint density at radius 3 is 1.64 bits per heavy atom. The van der Waals surface area contributed by atoms with Gasteiger partial charge in [-0.1, -0.05) is 72.8 Å². The number of rotatable bonds is 2. The van der Waals surface area contributed by atoms with E-state index in [0.717, 1.165) is 33.4 Å². The molecule has 2 heteroatoms. The average Bonchev–Trinajstić information content (AvgIpc) is 2.86. The van der Waals surface area contributed by atoms with Crippen LogP contribution >= 0.6 is 0 Å². The van der Waals surface area contributed by atoms with E-state index in [1.54, 1.807) is 0 Å². The summed E-state index contributed by atoms with van der Waals surface area (Å²) in [7, 11) is 0. The first-order valence-corrected chi connectivity index (χ1v) is 7.38. The highest BCUT2D eigenvalue weighted by Crippen LogP contribution is 2.51. The van der Waals surface area contributed by atoms with Crippen LogP contribution in [-0.4, -0.2) is 10.2 Å². The van der Waals surface area contributed by atoms with E-state index in [2.05, 4.69) is 0 Å². The van der Waals surface area contributed by atoms with Crippen molar-refractivity contribution in [3.8, 4) is 11.1 Å². The van der Waals surface area contributed by atoms with Gasteiger partial charge in [-0.05, 0) is 22.3 Å². The van der Waals surface area contributed by atoms with Crippen molar-refractivity contribution in [3.05, 3.63) is 95.1 Å². The van der Waals surface area contributed by atoms with Gasteiger partial charge in [0.2, 0.25) is 0 Å². The van der Waals surface area contributed by atoms with Gasteiger partial charge < -0.3 is 10.2 Å². The molecule has 0 heterocycles. The lowest BCUT2D eigenvalue weighted by atomic mass is 9.82. The van der Waals surface area contributed by atoms with E-state index in [9.17, 15) is 10.2 Å². The smallest absolute Gasteiger partial charge is 0.142 e. The summed E-state index contributed by atoms with van der Waals surface area (Å²) in [6.45, 7) is -0.0944. The van der Waals surface area contributed by atoms with Crippen molar-refractivity contribution in [1.29, 1.82) is 0 Å². The van der Waals surface area contributed by atoms with Crippen LogP contribution in [0.1, 0.15) is 22.3 Å². The fourth-order valence-corrected chi connectivity index (χ4v) is 3.51. The predicted octanol–water partition coefficient (Wildman–Crippen LogP) is 3.44. The normalized spacial score (nSPS) is 14.5. The van der Waals surface area contributed by atoms with Crippen molar-refractivity contribution >= 4 is 0 Å². The molecule has 0 bridgehead atoms. The number of hydrogen-bond donors (Lipinski definition) is 2. The monoisotopic (exact) mass is 288 g/mol. The Hall–Kier alpha value is -2.42. The number of fused-ring (bicyclic) bond motifs is 3. The summed E-state index contributed by atoms with van der Waals surface area (Å²) in [5, 5.41) is 21.3. The zero-order chi connectivity index (χ0) is 15.2. The molecule has 3 aromatic rings. The first kappa shape index (κ1) is 13.3. The van der Waals surface area contributed by atoms with E-state index in [-0.39, 0.29) is 6.61 Å². The number of benzene rings is 3. The summed E-state index contributed by atoms with van der Waals surface area (Å²) >= 11 is 0. The minimum atomic E-state index is -1.22.